The van der Waals surface area contributed by atoms with E-state index in [2.05, 4.69) is 15.4 Å². The normalized spacial score (nSPS) is 13.2. The maximum Gasteiger partial charge on any atom is 0.512 e. The Labute approximate surface area is 246 Å². The number of para-hydroxylation sites is 1. The predicted molar refractivity (Wildman–Crippen MR) is 157 cm³/mol. The Morgan fingerprint density at radius 3 is 2.51 bits per heavy atom. The van der Waals surface area contributed by atoms with Crippen LogP contribution in [0.25, 0.3) is 27.7 Å². The van der Waals surface area contributed by atoms with Crippen molar-refractivity contribution in [2.75, 3.05) is 0 Å². The van der Waals surface area contributed by atoms with E-state index in [0.29, 0.717) is 32.8 Å². The van der Waals surface area contributed by atoms with Crippen LogP contribution in [0, 0.1) is 6.92 Å². The van der Waals surface area contributed by atoms with Gasteiger partial charge in [0.1, 0.15) is 23.7 Å². The lowest BCUT2D eigenvalue weighted by Crippen LogP contribution is -2.08. The Bertz CT molecular complexity index is 1770. The minimum absolute atomic E-state index is 0.0138. The number of nitrogens with zero attached hydrogens (tertiary/aromatic N) is 5. The number of fused-ring (bicyclic) bond motifs is 1. The second kappa shape index (κ2) is 10.7. The summed E-state index contributed by atoms with van der Waals surface area (Å²) in [4.78, 5) is 11.2. The molecule has 210 valence electrons. The van der Waals surface area contributed by atoms with Crippen molar-refractivity contribution in [3.8, 4) is 28.4 Å². The molecule has 6 rings (SSSR count). The summed E-state index contributed by atoms with van der Waals surface area (Å²) in [6, 6.07) is 17.1. The molecule has 0 unspecified atom stereocenters. The van der Waals surface area contributed by atoms with Crippen LogP contribution in [0.15, 0.2) is 54.6 Å². The molecule has 11 heteroatoms. The van der Waals surface area contributed by atoms with Gasteiger partial charge in [-0.3, -0.25) is 4.68 Å². The number of aryl methyl sites for hydroxylation is 1. The SMILES string of the molecule is Cc1cc(OCc2c(C3CC3)nnn2-c2c(Cl)cccc2Cl)ccc1-c1ccc2c(OC(=O)O)nn(C(C)C)c2c1. The number of carbonyl (C=O) groups is 1. The van der Waals surface area contributed by atoms with Gasteiger partial charge in [-0.05, 0) is 86.7 Å². The van der Waals surface area contributed by atoms with Crippen LogP contribution >= 0.6 is 23.2 Å². The average Bonchev–Trinajstić information content (AvgIpc) is 3.59. The van der Waals surface area contributed by atoms with Gasteiger partial charge < -0.3 is 14.6 Å². The molecular weight excluding hydrogens is 565 g/mol. The maximum atomic E-state index is 11.2. The van der Waals surface area contributed by atoms with Gasteiger partial charge in [0.2, 0.25) is 0 Å². The summed E-state index contributed by atoms with van der Waals surface area (Å²) in [6.07, 6.45) is 0.744. The third-order valence-electron chi connectivity index (χ3n) is 7.14. The molecule has 2 heterocycles. The van der Waals surface area contributed by atoms with Gasteiger partial charge in [-0.25, -0.2) is 9.48 Å². The molecule has 9 nitrogen and oxygen atoms in total. The Kier molecular flexibility index (Phi) is 7.09. The lowest BCUT2D eigenvalue weighted by Gasteiger charge is -2.14. The summed E-state index contributed by atoms with van der Waals surface area (Å²) in [5, 5.41) is 23.9. The molecule has 41 heavy (non-hydrogen) atoms. The van der Waals surface area contributed by atoms with Gasteiger partial charge in [-0.2, -0.15) is 0 Å². The zero-order valence-corrected chi connectivity index (χ0v) is 24.1. The fourth-order valence-electron chi connectivity index (χ4n) is 5.02. The molecule has 2 aromatic heterocycles. The molecular formula is C30H27Cl2N5O4. The van der Waals surface area contributed by atoms with Crippen LogP contribution in [0.2, 0.25) is 10.0 Å². The van der Waals surface area contributed by atoms with Gasteiger partial charge >= 0.3 is 6.16 Å². The minimum atomic E-state index is -1.39. The number of rotatable bonds is 8. The summed E-state index contributed by atoms with van der Waals surface area (Å²) < 4.78 is 14.6. The van der Waals surface area contributed by atoms with Gasteiger partial charge in [-0.15, -0.1) is 10.2 Å². The van der Waals surface area contributed by atoms with Gasteiger partial charge in [0.25, 0.3) is 5.88 Å². The number of hydrogen-bond acceptors (Lipinski definition) is 6. The quantitative estimate of drug-likeness (QED) is 0.182. The summed E-state index contributed by atoms with van der Waals surface area (Å²) in [5.41, 5.74) is 6.13. The molecule has 3 aromatic carbocycles. The minimum Gasteiger partial charge on any atom is -0.487 e. The number of hydrogen-bond donors (Lipinski definition) is 1. The molecule has 0 amide bonds. The van der Waals surface area contributed by atoms with Crippen LogP contribution in [0.1, 0.15) is 55.6 Å². The topological polar surface area (TPSA) is 104 Å². The van der Waals surface area contributed by atoms with Crippen molar-refractivity contribution in [1.82, 2.24) is 24.8 Å². The molecule has 1 aliphatic rings. The highest BCUT2D eigenvalue weighted by Gasteiger charge is 2.32. The molecule has 0 bridgehead atoms. The first kappa shape index (κ1) is 27.1. The maximum absolute atomic E-state index is 11.2. The van der Waals surface area contributed by atoms with Crippen LogP contribution in [-0.4, -0.2) is 36.0 Å². The highest BCUT2D eigenvalue weighted by Crippen LogP contribution is 2.42. The van der Waals surface area contributed by atoms with E-state index in [9.17, 15) is 4.79 Å². The Morgan fingerprint density at radius 1 is 1.10 bits per heavy atom. The summed E-state index contributed by atoms with van der Waals surface area (Å²) in [5.74, 6) is 1.14. The average molecular weight is 592 g/mol. The van der Waals surface area contributed by atoms with Crippen molar-refractivity contribution in [1.29, 1.82) is 0 Å². The van der Waals surface area contributed by atoms with Crippen LogP contribution in [0.4, 0.5) is 4.79 Å². The Hall–Kier alpha value is -4.08. The lowest BCUT2D eigenvalue weighted by atomic mass is 9.99. The molecule has 0 spiro atoms. The molecule has 5 aromatic rings. The molecule has 0 radical (unpaired) electrons. The van der Waals surface area contributed by atoms with Crippen LogP contribution in [0.3, 0.4) is 0 Å². The van der Waals surface area contributed by atoms with E-state index in [4.69, 9.17) is 37.8 Å². The fraction of sp³-hybridized carbons (Fsp3) is 0.267. The van der Waals surface area contributed by atoms with Gasteiger partial charge in [0, 0.05) is 12.0 Å². The number of carboxylic acid groups (broad SMARTS) is 1. The van der Waals surface area contributed by atoms with E-state index in [1.807, 2.05) is 57.2 Å². The fourth-order valence-corrected chi connectivity index (χ4v) is 5.58. The Balaban J connectivity index is 1.29. The van der Waals surface area contributed by atoms with E-state index in [0.717, 1.165) is 46.4 Å². The smallest absolute Gasteiger partial charge is 0.487 e. The van der Waals surface area contributed by atoms with E-state index >= 15 is 0 Å². The van der Waals surface area contributed by atoms with Crippen molar-refractivity contribution in [2.45, 2.75) is 52.2 Å². The summed E-state index contributed by atoms with van der Waals surface area (Å²) in [7, 11) is 0. The zero-order valence-electron chi connectivity index (χ0n) is 22.6. The second-order valence-electron chi connectivity index (χ2n) is 10.4. The highest BCUT2D eigenvalue weighted by molar-refractivity contribution is 6.37. The second-order valence-corrected chi connectivity index (χ2v) is 11.2. The van der Waals surface area contributed by atoms with Gasteiger partial charge in [-0.1, -0.05) is 46.6 Å². The summed E-state index contributed by atoms with van der Waals surface area (Å²) in [6.45, 7) is 6.24. The highest BCUT2D eigenvalue weighted by atomic mass is 35.5. The standard InChI is InChI=1S/C30H27Cl2N5O4/c1-16(2)36-25-14-19(9-11-22(25)29(34-36)41-30(38)39)21-12-10-20(13-17(21)3)40-15-26-27(18-7-8-18)33-35-37(26)28-23(31)5-4-6-24(28)32/h4-6,9-14,16,18H,7-8,15H2,1-3H3,(H,38,39). The van der Waals surface area contributed by atoms with E-state index in [1.165, 1.54) is 0 Å². The van der Waals surface area contributed by atoms with Crippen molar-refractivity contribution >= 4 is 40.3 Å². The molecule has 1 N–H and O–H groups in total. The number of halogens is 2. The predicted octanol–water partition coefficient (Wildman–Crippen LogP) is 7.99. The summed E-state index contributed by atoms with van der Waals surface area (Å²) >= 11 is 13.0. The first-order valence-electron chi connectivity index (χ1n) is 13.3. The number of ether oxygens (including phenoxy) is 2. The first-order chi connectivity index (χ1) is 19.7. The van der Waals surface area contributed by atoms with E-state index in [1.54, 1.807) is 27.6 Å². The molecule has 0 aliphatic heterocycles. The number of benzene rings is 3. The zero-order chi connectivity index (χ0) is 28.8. The van der Waals surface area contributed by atoms with E-state index < -0.39 is 6.16 Å². The lowest BCUT2D eigenvalue weighted by molar-refractivity contribution is 0.142. The van der Waals surface area contributed by atoms with Crippen LogP contribution < -0.4 is 9.47 Å². The van der Waals surface area contributed by atoms with E-state index in [-0.39, 0.29) is 18.5 Å². The van der Waals surface area contributed by atoms with Crippen LogP contribution in [-0.2, 0) is 6.61 Å². The Morgan fingerprint density at radius 2 is 1.85 bits per heavy atom. The molecule has 1 aliphatic carbocycles. The third-order valence-corrected chi connectivity index (χ3v) is 7.75. The molecule has 1 fully saturated rings. The molecule has 0 saturated heterocycles. The van der Waals surface area contributed by atoms with Gasteiger partial charge in [0.05, 0.1) is 26.6 Å². The van der Waals surface area contributed by atoms with Crippen molar-refractivity contribution < 1.29 is 19.4 Å². The van der Waals surface area contributed by atoms with Crippen molar-refractivity contribution in [2.24, 2.45) is 0 Å². The first-order valence-corrected chi connectivity index (χ1v) is 14.0. The van der Waals surface area contributed by atoms with Gasteiger partial charge in [0.15, 0.2) is 0 Å². The number of aromatic nitrogens is 5. The van der Waals surface area contributed by atoms with Crippen molar-refractivity contribution in [3.05, 3.63) is 81.6 Å². The third kappa shape index (κ3) is 5.23. The molecule has 1 saturated carbocycles. The van der Waals surface area contributed by atoms with Crippen molar-refractivity contribution in [3.63, 3.8) is 0 Å². The monoisotopic (exact) mass is 591 g/mol. The van der Waals surface area contributed by atoms with Crippen LogP contribution in [0.5, 0.6) is 11.6 Å². The molecule has 0 atom stereocenters. The largest absolute Gasteiger partial charge is 0.512 e.